The Hall–Kier alpha value is -3.83. The van der Waals surface area contributed by atoms with E-state index < -0.39 is 6.29 Å². The minimum atomic E-state index is -0.551. The molecule has 0 aromatic heterocycles. The van der Waals surface area contributed by atoms with E-state index in [0.29, 0.717) is 6.54 Å². The molecule has 3 aromatic carbocycles. The van der Waals surface area contributed by atoms with Gasteiger partial charge in [0.1, 0.15) is 0 Å². The zero-order valence-electron chi connectivity index (χ0n) is 24.0. The Morgan fingerprint density at radius 2 is 1.55 bits per heavy atom. The molecular weight excluding hydrogens is 536 g/mol. The van der Waals surface area contributed by atoms with Gasteiger partial charge in [-0.25, -0.2) is 0 Å². The Morgan fingerprint density at radius 3 is 2.14 bits per heavy atom. The third-order valence-corrected chi connectivity index (χ3v) is 8.15. The number of hydrogen-bond acceptors (Lipinski definition) is 8. The van der Waals surface area contributed by atoms with Crippen molar-refractivity contribution < 1.29 is 24.3 Å². The Labute approximate surface area is 246 Å². The number of nitro groups is 1. The van der Waals surface area contributed by atoms with Gasteiger partial charge in [-0.1, -0.05) is 55.5 Å². The minimum absolute atomic E-state index is 0.00754. The van der Waals surface area contributed by atoms with Gasteiger partial charge in [0.05, 0.1) is 23.7 Å². The molecule has 2 N–H and O–H groups in total. The van der Waals surface area contributed by atoms with Gasteiger partial charge < -0.3 is 24.8 Å². The normalized spacial score (nSPS) is 23.0. The van der Waals surface area contributed by atoms with Crippen LogP contribution in [0.1, 0.15) is 48.5 Å². The molecule has 222 valence electrons. The molecule has 2 aliphatic heterocycles. The van der Waals surface area contributed by atoms with E-state index in [9.17, 15) is 20.0 Å². The zero-order chi connectivity index (χ0) is 29.6. The van der Waals surface area contributed by atoms with E-state index in [0.717, 1.165) is 60.7 Å². The summed E-state index contributed by atoms with van der Waals surface area (Å²) in [7, 11) is 0. The molecule has 2 heterocycles. The van der Waals surface area contributed by atoms with Crippen molar-refractivity contribution in [3.05, 3.63) is 105 Å². The van der Waals surface area contributed by atoms with Gasteiger partial charge in [-0.3, -0.25) is 19.8 Å². The summed E-state index contributed by atoms with van der Waals surface area (Å²) in [6, 6.07) is 22.6. The van der Waals surface area contributed by atoms with Crippen molar-refractivity contribution in [2.75, 3.05) is 37.6 Å². The molecule has 1 amide bonds. The lowest BCUT2D eigenvalue weighted by Gasteiger charge is -2.44. The van der Waals surface area contributed by atoms with Crippen molar-refractivity contribution in [1.82, 2.24) is 10.2 Å². The van der Waals surface area contributed by atoms with Crippen molar-refractivity contribution in [2.45, 2.75) is 45.5 Å². The molecule has 2 aliphatic rings. The average Bonchev–Trinajstić information content (AvgIpc) is 3.02. The van der Waals surface area contributed by atoms with E-state index in [-0.39, 0.29) is 41.3 Å². The fraction of sp³-hybridized carbons (Fsp3) is 0.406. The Balaban J connectivity index is 1.28. The summed E-state index contributed by atoms with van der Waals surface area (Å²) in [4.78, 5) is 26.6. The molecule has 0 radical (unpaired) electrons. The SMILES string of the molecule is CC(=O)NCc1ccc([C@@H]2O[C@H](CN3CCN(c4ccc([N+](=O)[O-])cc4)CC3)[C@H](C)[C@H](c3ccc(CO)cc3)O2)cc1. The van der Waals surface area contributed by atoms with Crippen molar-refractivity contribution in [2.24, 2.45) is 5.92 Å². The number of carbonyl (C=O) groups excluding carboxylic acids is 1. The van der Waals surface area contributed by atoms with E-state index in [1.165, 1.54) is 6.92 Å². The third kappa shape index (κ3) is 7.14. The Bertz CT molecular complexity index is 1340. The van der Waals surface area contributed by atoms with Gasteiger partial charge in [0.15, 0.2) is 6.29 Å². The molecule has 2 saturated heterocycles. The third-order valence-electron chi connectivity index (χ3n) is 8.15. The number of hydrogen-bond donors (Lipinski definition) is 2. The quantitative estimate of drug-likeness (QED) is 0.286. The Kier molecular flexibility index (Phi) is 9.48. The first kappa shape index (κ1) is 29.7. The maximum Gasteiger partial charge on any atom is 0.269 e. The van der Waals surface area contributed by atoms with Gasteiger partial charge in [0.2, 0.25) is 5.91 Å². The lowest BCUT2D eigenvalue weighted by atomic mass is 9.90. The van der Waals surface area contributed by atoms with Crippen molar-refractivity contribution in [3.63, 3.8) is 0 Å². The number of aliphatic hydroxyl groups excluding tert-OH is 1. The van der Waals surface area contributed by atoms with Crippen LogP contribution in [0.4, 0.5) is 11.4 Å². The molecule has 0 unspecified atom stereocenters. The monoisotopic (exact) mass is 574 g/mol. The number of aliphatic hydroxyl groups is 1. The van der Waals surface area contributed by atoms with E-state index in [2.05, 4.69) is 22.0 Å². The van der Waals surface area contributed by atoms with Crippen LogP contribution < -0.4 is 10.2 Å². The lowest BCUT2D eigenvalue weighted by molar-refractivity contribution is -0.384. The summed E-state index contributed by atoms with van der Waals surface area (Å²) in [6.07, 6.45) is -0.830. The van der Waals surface area contributed by atoms with Crippen LogP contribution in [0.3, 0.4) is 0 Å². The number of benzene rings is 3. The summed E-state index contributed by atoms with van der Waals surface area (Å²) in [5, 5.41) is 23.3. The maximum atomic E-state index is 11.3. The Morgan fingerprint density at radius 1 is 0.929 bits per heavy atom. The molecule has 3 aromatic rings. The number of amides is 1. The largest absolute Gasteiger partial charge is 0.392 e. The van der Waals surface area contributed by atoms with E-state index in [1.807, 2.05) is 60.7 Å². The van der Waals surface area contributed by atoms with E-state index >= 15 is 0 Å². The number of nitro benzene ring substituents is 1. The first-order valence-corrected chi connectivity index (χ1v) is 14.4. The molecule has 0 spiro atoms. The number of ether oxygens (including phenoxy) is 2. The number of anilines is 1. The molecule has 0 bridgehead atoms. The van der Waals surface area contributed by atoms with Crippen LogP contribution in [-0.4, -0.2) is 59.7 Å². The predicted molar refractivity (Wildman–Crippen MR) is 159 cm³/mol. The topological polar surface area (TPSA) is 117 Å². The lowest BCUT2D eigenvalue weighted by Crippen LogP contribution is -2.51. The summed E-state index contributed by atoms with van der Waals surface area (Å²) in [6.45, 7) is 8.21. The van der Waals surface area contributed by atoms with Gasteiger partial charge in [-0.2, -0.15) is 0 Å². The molecule has 42 heavy (non-hydrogen) atoms. The second-order valence-corrected chi connectivity index (χ2v) is 11.0. The highest BCUT2D eigenvalue weighted by atomic mass is 16.7. The highest BCUT2D eigenvalue weighted by molar-refractivity contribution is 5.72. The fourth-order valence-electron chi connectivity index (χ4n) is 5.58. The van der Waals surface area contributed by atoms with Crippen molar-refractivity contribution >= 4 is 17.3 Å². The van der Waals surface area contributed by atoms with Gasteiger partial charge >= 0.3 is 0 Å². The van der Waals surface area contributed by atoms with Crippen LogP contribution in [0.5, 0.6) is 0 Å². The fourth-order valence-corrected chi connectivity index (χ4v) is 5.58. The second-order valence-electron chi connectivity index (χ2n) is 11.0. The van der Waals surface area contributed by atoms with Gasteiger partial charge in [0, 0.05) is 75.5 Å². The molecule has 4 atom stereocenters. The second kappa shape index (κ2) is 13.4. The minimum Gasteiger partial charge on any atom is -0.392 e. The van der Waals surface area contributed by atoms with Crippen molar-refractivity contribution in [1.29, 1.82) is 0 Å². The van der Waals surface area contributed by atoms with Gasteiger partial charge in [-0.05, 0) is 28.8 Å². The summed E-state index contributed by atoms with van der Waals surface area (Å²) < 4.78 is 13.2. The molecule has 10 heteroatoms. The summed E-state index contributed by atoms with van der Waals surface area (Å²) in [5.41, 5.74) is 4.90. The van der Waals surface area contributed by atoms with Crippen LogP contribution in [-0.2, 0) is 27.4 Å². The van der Waals surface area contributed by atoms with Gasteiger partial charge in [-0.15, -0.1) is 0 Å². The number of non-ortho nitro benzene ring substituents is 1. The molecule has 2 fully saturated rings. The van der Waals surface area contributed by atoms with E-state index in [4.69, 9.17) is 9.47 Å². The summed E-state index contributed by atoms with van der Waals surface area (Å²) >= 11 is 0. The predicted octanol–water partition coefficient (Wildman–Crippen LogP) is 4.34. The van der Waals surface area contributed by atoms with Crippen LogP contribution in [0, 0.1) is 16.0 Å². The molecular formula is C32H38N4O6. The number of piperazine rings is 1. The highest BCUT2D eigenvalue weighted by Crippen LogP contribution is 2.42. The van der Waals surface area contributed by atoms with Crippen LogP contribution in [0.15, 0.2) is 72.8 Å². The number of nitrogens with one attached hydrogen (secondary N) is 1. The van der Waals surface area contributed by atoms with Gasteiger partial charge in [0.25, 0.3) is 5.69 Å². The van der Waals surface area contributed by atoms with Crippen molar-refractivity contribution in [3.8, 4) is 0 Å². The molecule has 5 rings (SSSR count). The highest BCUT2D eigenvalue weighted by Gasteiger charge is 2.39. The smallest absolute Gasteiger partial charge is 0.269 e. The number of carbonyl (C=O) groups is 1. The van der Waals surface area contributed by atoms with Crippen LogP contribution in [0.25, 0.3) is 0 Å². The standard InChI is InChI=1S/C32H38N4O6/c1-22-30(20-34-15-17-35(18-16-34)28-11-13-29(14-12-28)36(39)40)41-32(27-9-3-24(4-10-27)19-33-23(2)38)42-31(22)26-7-5-25(21-37)6-8-26/h3-14,22,30-32,37H,15-21H2,1-2H3,(H,33,38)/t22-,30+,31+,32+/m0/s1. The zero-order valence-corrected chi connectivity index (χ0v) is 24.0. The number of rotatable bonds is 9. The average molecular weight is 575 g/mol. The maximum absolute atomic E-state index is 11.3. The first-order valence-electron chi connectivity index (χ1n) is 14.4. The van der Waals surface area contributed by atoms with Crippen LogP contribution >= 0.6 is 0 Å². The van der Waals surface area contributed by atoms with Crippen LogP contribution in [0.2, 0.25) is 0 Å². The summed E-state index contributed by atoms with van der Waals surface area (Å²) in [5.74, 6) is 0.00598. The molecule has 10 nitrogen and oxygen atoms in total. The first-order chi connectivity index (χ1) is 20.3. The van der Waals surface area contributed by atoms with E-state index in [1.54, 1.807) is 12.1 Å². The number of nitrogens with zero attached hydrogens (tertiary/aromatic N) is 3. The molecule has 0 aliphatic carbocycles. The molecule has 0 saturated carbocycles.